The summed E-state index contributed by atoms with van der Waals surface area (Å²) in [7, 11) is 5.75. The van der Waals surface area contributed by atoms with Gasteiger partial charge in [0.2, 0.25) is 5.95 Å². The van der Waals surface area contributed by atoms with Crippen LogP contribution in [-0.4, -0.2) is 40.4 Å². The van der Waals surface area contributed by atoms with Crippen molar-refractivity contribution in [2.24, 2.45) is 7.05 Å². The molecule has 2 rings (SSSR count). The molecule has 6 nitrogen and oxygen atoms in total. The lowest BCUT2D eigenvalue weighted by atomic mass is 10.3. The van der Waals surface area contributed by atoms with Gasteiger partial charge in [-0.15, -0.1) is 0 Å². The van der Waals surface area contributed by atoms with Crippen molar-refractivity contribution in [2.75, 3.05) is 30.9 Å². The van der Waals surface area contributed by atoms with Gasteiger partial charge < -0.3 is 10.2 Å². The van der Waals surface area contributed by atoms with Gasteiger partial charge in [-0.2, -0.15) is 15.1 Å². The van der Waals surface area contributed by atoms with E-state index < -0.39 is 0 Å². The second-order valence-corrected chi connectivity index (χ2v) is 4.20. The van der Waals surface area contributed by atoms with E-state index in [0.29, 0.717) is 5.95 Å². The van der Waals surface area contributed by atoms with E-state index in [2.05, 4.69) is 27.3 Å². The van der Waals surface area contributed by atoms with E-state index in [4.69, 9.17) is 0 Å². The summed E-state index contributed by atoms with van der Waals surface area (Å²) in [5, 5.41) is 8.50. The van der Waals surface area contributed by atoms with Gasteiger partial charge in [0.05, 0.1) is 11.6 Å². The number of nitrogens with one attached hydrogen (secondary N) is 1. The number of aryl methyl sites for hydroxylation is 1. The monoisotopic (exact) mass is 234 g/mol. The molecule has 2 heterocycles. The van der Waals surface area contributed by atoms with E-state index in [1.54, 1.807) is 10.9 Å². The average molecular weight is 234 g/mol. The first-order valence-corrected chi connectivity index (χ1v) is 5.74. The molecule has 92 valence electrons. The normalized spacial score (nSPS) is 10.8. The Kier molecular flexibility index (Phi) is 3.12. The highest BCUT2D eigenvalue weighted by Gasteiger charge is 2.11. The summed E-state index contributed by atoms with van der Waals surface area (Å²) >= 11 is 0. The second-order valence-electron chi connectivity index (χ2n) is 4.20. The molecule has 0 aliphatic rings. The fraction of sp³-hybridized carbons (Fsp3) is 0.545. The van der Waals surface area contributed by atoms with Gasteiger partial charge in [0.15, 0.2) is 5.65 Å². The fourth-order valence-corrected chi connectivity index (χ4v) is 1.59. The van der Waals surface area contributed by atoms with Gasteiger partial charge in [-0.1, -0.05) is 6.92 Å². The van der Waals surface area contributed by atoms with Gasteiger partial charge in [-0.25, -0.2) is 0 Å². The Morgan fingerprint density at radius 3 is 2.76 bits per heavy atom. The Hall–Kier alpha value is -1.85. The molecule has 0 atom stereocenters. The topological polar surface area (TPSA) is 58.9 Å². The van der Waals surface area contributed by atoms with Crippen LogP contribution in [-0.2, 0) is 7.05 Å². The summed E-state index contributed by atoms with van der Waals surface area (Å²) in [6.07, 6.45) is 2.86. The second kappa shape index (κ2) is 4.57. The van der Waals surface area contributed by atoms with Crippen LogP contribution in [0.2, 0.25) is 0 Å². The molecule has 17 heavy (non-hydrogen) atoms. The van der Waals surface area contributed by atoms with Crippen LogP contribution in [0.1, 0.15) is 13.3 Å². The average Bonchev–Trinajstić information content (AvgIpc) is 2.68. The van der Waals surface area contributed by atoms with Crippen LogP contribution >= 0.6 is 0 Å². The summed E-state index contributed by atoms with van der Waals surface area (Å²) in [6, 6.07) is 0. The highest BCUT2D eigenvalue weighted by Crippen LogP contribution is 2.22. The number of hydrogen-bond acceptors (Lipinski definition) is 5. The van der Waals surface area contributed by atoms with Crippen molar-refractivity contribution in [3.05, 3.63) is 6.20 Å². The van der Waals surface area contributed by atoms with Crippen LogP contribution in [0.25, 0.3) is 11.0 Å². The van der Waals surface area contributed by atoms with E-state index >= 15 is 0 Å². The minimum Gasteiger partial charge on any atom is -0.369 e. The molecule has 0 spiro atoms. The predicted molar refractivity (Wildman–Crippen MR) is 69.4 cm³/mol. The number of nitrogens with zero attached hydrogens (tertiary/aromatic N) is 5. The summed E-state index contributed by atoms with van der Waals surface area (Å²) < 4.78 is 1.77. The van der Waals surface area contributed by atoms with E-state index in [0.717, 1.165) is 29.8 Å². The number of fused-ring (bicyclic) bond motifs is 1. The van der Waals surface area contributed by atoms with Gasteiger partial charge in [0.25, 0.3) is 0 Å². The molecule has 0 saturated heterocycles. The van der Waals surface area contributed by atoms with Gasteiger partial charge in [-0.3, -0.25) is 4.68 Å². The van der Waals surface area contributed by atoms with Gasteiger partial charge in [-0.05, 0) is 6.42 Å². The molecule has 0 unspecified atom stereocenters. The molecule has 0 aliphatic carbocycles. The smallest absolute Gasteiger partial charge is 0.228 e. The van der Waals surface area contributed by atoms with Crippen molar-refractivity contribution >= 4 is 22.8 Å². The SMILES string of the molecule is CCCNc1nc(N(C)C)nc2c1cnn2C. The largest absolute Gasteiger partial charge is 0.369 e. The summed E-state index contributed by atoms with van der Waals surface area (Å²) in [5.74, 6) is 1.55. The summed E-state index contributed by atoms with van der Waals surface area (Å²) in [4.78, 5) is 10.9. The molecule has 0 radical (unpaired) electrons. The van der Waals surface area contributed by atoms with Crippen molar-refractivity contribution in [3.63, 3.8) is 0 Å². The van der Waals surface area contributed by atoms with Crippen LogP contribution < -0.4 is 10.2 Å². The van der Waals surface area contributed by atoms with Crippen LogP contribution in [0.3, 0.4) is 0 Å². The predicted octanol–water partition coefficient (Wildman–Crippen LogP) is 1.25. The lowest BCUT2D eigenvalue weighted by molar-refractivity contribution is 0.784. The van der Waals surface area contributed by atoms with E-state index in [-0.39, 0.29) is 0 Å². The third kappa shape index (κ3) is 2.15. The molecule has 0 fully saturated rings. The van der Waals surface area contributed by atoms with E-state index in [1.165, 1.54) is 0 Å². The highest BCUT2D eigenvalue weighted by atomic mass is 15.3. The molecular formula is C11H18N6. The lowest BCUT2D eigenvalue weighted by Gasteiger charge is -2.13. The zero-order chi connectivity index (χ0) is 12.4. The fourth-order valence-electron chi connectivity index (χ4n) is 1.59. The Balaban J connectivity index is 2.54. The first-order chi connectivity index (χ1) is 8.13. The third-order valence-electron chi connectivity index (χ3n) is 2.52. The van der Waals surface area contributed by atoms with Crippen LogP contribution in [0.5, 0.6) is 0 Å². The number of rotatable bonds is 4. The highest BCUT2D eigenvalue weighted by molar-refractivity contribution is 5.87. The molecule has 0 bridgehead atoms. The van der Waals surface area contributed by atoms with Crippen molar-refractivity contribution in [1.82, 2.24) is 19.7 Å². The van der Waals surface area contributed by atoms with Crippen molar-refractivity contribution in [2.45, 2.75) is 13.3 Å². The maximum atomic E-state index is 4.50. The van der Waals surface area contributed by atoms with Gasteiger partial charge >= 0.3 is 0 Å². The van der Waals surface area contributed by atoms with Crippen molar-refractivity contribution in [3.8, 4) is 0 Å². The van der Waals surface area contributed by atoms with Crippen LogP contribution in [0.4, 0.5) is 11.8 Å². The molecule has 2 aromatic rings. The first-order valence-electron chi connectivity index (χ1n) is 5.74. The standard InChI is InChI=1S/C11H18N6/c1-5-6-12-9-8-7-13-17(4)10(8)15-11(14-9)16(2)3/h7H,5-6H2,1-4H3,(H,12,14,15). The Bertz CT molecular complexity index is 516. The number of hydrogen-bond donors (Lipinski definition) is 1. The minimum atomic E-state index is 0.694. The Morgan fingerprint density at radius 1 is 1.35 bits per heavy atom. The molecule has 6 heteroatoms. The molecular weight excluding hydrogens is 216 g/mol. The lowest BCUT2D eigenvalue weighted by Crippen LogP contribution is -2.15. The van der Waals surface area contributed by atoms with Gasteiger partial charge in [0.1, 0.15) is 5.82 Å². The Labute approximate surface area is 101 Å². The maximum absolute atomic E-state index is 4.50. The van der Waals surface area contributed by atoms with E-state index in [9.17, 15) is 0 Å². The van der Waals surface area contributed by atoms with Crippen molar-refractivity contribution < 1.29 is 0 Å². The van der Waals surface area contributed by atoms with Crippen LogP contribution in [0.15, 0.2) is 6.20 Å². The van der Waals surface area contributed by atoms with Gasteiger partial charge in [0, 0.05) is 27.7 Å². The molecule has 0 amide bonds. The molecule has 1 N–H and O–H groups in total. The zero-order valence-electron chi connectivity index (χ0n) is 10.7. The molecule has 0 aromatic carbocycles. The summed E-state index contributed by atoms with van der Waals surface area (Å²) in [6.45, 7) is 3.02. The quantitative estimate of drug-likeness (QED) is 0.862. The van der Waals surface area contributed by atoms with Crippen LogP contribution in [0, 0.1) is 0 Å². The third-order valence-corrected chi connectivity index (χ3v) is 2.52. The minimum absolute atomic E-state index is 0.694. The maximum Gasteiger partial charge on any atom is 0.228 e. The first kappa shape index (κ1) is 11.6. The van der Waals surface area contributed by atoms with E-state index in [1.807, 2.05) is 26.0 Å². The molecule has 0 saturated carbocycles. The zero-order valence-corrected chi connectivity index (χ0v) is 10.7. The Morgan fingerprint density at radius 2 is 2.12 bits per heavy atom. The molecule has 2 aromatic heterocycles. The van der Waals surface area contributed by atoms with Crippen molar-refractivity contribution in [1.29, 1.82) is 0 Å². The number of anilines is 2. The molecule has 0 aliphatic heterocycles. The summed E-state index contributed by atoms with van der Waals surface area (Å²) in [5.41, 5.74) is 0.849. The number of aromatic nitrogens is 4.